The third-order valence-electron chi connectivity index (χ3n) is 3.33. The molecule has 0 spiro atoms. The summed E-state index contributed by atoms with van der Waals surface area (Å²) in [5.41, 5.74) is 2.43. The standard InChI is InChI=1S/C15H16N2O/c1-16-10-12-9-11-5-4-8-17-15(11)18-14-7-3-2-6-13(12)14/h2-8,12,16H,9-10H2,1H3. The lowest BCUT2D eigenvalue weighted by Gasteiger charge is -2.15. The molecule has 18 heavy (non-hydrogen) atoms. The molecule has 2 heterocycles. The van der Waals surface area contributed by atoms with Gasteiger partial charge in [0.15, 0.2) is 0 Å². The second-order valence-corrected chi connectivity index (χ2v) is 4.57. The molecule has 3 rings (SSSR count). The molecule has 3 heteroatoms. The minimum Gasteiger partial charge on any atom is -0.438 e. The fourth-order valence-electron chi connectivity index (χ4n) is 2.49. The van der Waals surface area contributed by atoms with Crippen molar-refractivity contribution in [2.45, 2.75) is 12.3 Å². The van der Waals surface area contributed by atoms with Crippen LogP contribution in [0.1, 0.15) is 17.0 Å². The van der Waals surface area contributed by atoms with Gasteiger partial charge in [-0.15, -0.1) is 0 Å². The van der Waals surface area contributed by atoms with Gasteiger partial charge in [0.1, 0.15) is 5.75 Å². The van der Waals surface area contributed by atoms with E-state index >= 15 is 0 Å². The second-order valence-electron chi connectivity index (χ2n) is 4.57. The van der Waals surface area contributed by atoms with E-state index in [4.69, 9.17) is 4.74 Å². The summed E-state index contributed by atoms with van der Waals surface area (Å²) >= 11 is 0. The molecule has 1 aromatic heterocycles. The summed E-state index contributed by atoms with van der Waals surface area (Å²) in [4.78, 5) is 4.33. The van der Waals surface area contributed by atoms with Gasteiger partial charge in [-0.05, 0) is 31.2 Å². The first-order chi connectivity index (χ1) is 8.88. The molecule has 0 radical (unpaired) electrons. The largest absolute Gasteiger partial charge is 0.438 e. The van der Waals surface area contributed by atoms with Crippen LogP contribution in [-0.4, -0.2) is 18.6 Å². The Hall–Kier alpha value is -1.87. The zero-order valence-corrected chi connectivity index (χ0v) is 10.4. The summed E-state index contributed by atoms with van der Waals surface area (Å²) in [6, 6.07) is 12.3. The predicted molar refractivity (Wildman–Crippen MR) is 71.1 cm³/mol. The first kappa shape index (κ1) is 11.2. The molecule has 0 fully saturated rings. The molecule has 1 atom stereocenters. The highest BCUT2D eigenvalue weighted by Gasteiger charge is 2.22. The van der Waals surface area contributed by atoms with E-state index in [0.717, 1.165) is 24.6 Å². The highest BCUT2D eigenvalue weighted by atomic mass is 16.5. The Morgan fingerprint density at radius 1 is 1.28 bits per heavy atom. The fraction of sp³-hybridized carbons (Fsp3) is 0.267. The first-order valence-corrected chi connectivity index (χ1v) is 6.24. The van der Waals surface area contributed by atoms with Crippen molar-refractivity contribution in [3.05, 3.63) is 53.7 Å². The monoisotopic (exact) mass is 240 g/mol. The second kappa shape index (κ2) is 4.78. The maximum Gasteiger partial charge on any atom is 0.222 e. The maximum atomic E-state index is 5.94. The Kier molecular flexibility index (Phi) is 2.99. The number of aromatic nitrogens is 1. The molecule has 2 aromatic rings. The number of hydrogen-bond donors (Lipinski definition) is 1. The lowest BCUT2D eigenvalue weighted by Crippen LogP contribution is -2.18. The van der Waals surface area contributed by atoms with Crippen LogP contribution in [0.25, 0.3) is 0 Å². The Morgan fingerprint density at radius 2 is 2.17 bits per heavy atom. The van der Waals surface area contributed by atoms with Crippen molar-refractivity contribution in [2.24, 2.45) is 0 Å². The van der Waals surface area contributed by atoms with Crippen LogP contribution >= 0.6 is 0 Å². The van der Waals surface area contributed by atoms with Gasteiger partial charge >= 0.3 is 0 Å². The van der Waals surface area contributed by atoms with Crippen molar-refractivity contribution in [1.82, 2.24) is 10.3 Å². The van der Waals surface area contributed by atoms with Gasteiger partial charge in [-0.3, -0.25) is 0 Å². The molecule has 1 N–H and O–H groups in total. The van der Waals surface area contributed by atoms with E-state index < -0.39 is 0 Å². The van der Waals surface area contributed by atoms with E-state index in [1.54, 1.807) is 6.20 Å². The fourth-order valence-corrected chi connectivity index (χ4v) is 2.49. The summed E-state index contributed by atoms with van der Waals surface area (Å²) in [6.45, 7) is 0.939. The molecular formula is C15H16N2O. The molecule has 3 nitrogen and oxygen atoms in total. The van der Waals surface area contributed by atoms with E-state index in [0.29, 0.717) is 5.92 Å². The zero-order chi connectivity index (χ0) is 12.4. The van der Waals surface area contributed by atoms with Gasteiger partial charge in [-0.25, -0.2) is 4.98 Å². The van der Waals surface area contributed by atoms with E-state index in [9.17, 15) is 0 Å². The van der Waals surface area contributed by atoms with Crippen molar-refractivity contribution >= 4 is 0 Å². The van der Waals surface area contributed by atoms with Gasteiger partial charge in [0.25, 0.3) is 0 Å². The van der Waals surface area contributed by atoms with Crippen LogP contribution in [0.4, 0.5) is 0 Å². The Labute approximate surface area is 107 Å². The number of pyridine rings is 1. The van der Waals surface area contributed by atoms with Crippen LogP contribution in [-0.2, 0) is 6.42 Å². The number of fused-ring (bicyclic) bond motifs is 2. The smallest absolute Gasteiger partial charge is 0.222 e. The molecule has 0 bridgehead atoms. The number of hydrogen-bond acceptors (Lipinski definition) is 3. The van der Waals surface area contributed by atoms with Crippen molar-refractivity contribution in [2.75, 3.05) is 13.6 Å². The van der Waals surface area contributed by atoms with E-state index in [-0.39, 0.29) is 0 Å². The molecule has 1 unspecified atom stereocenters. The third kappa shape index (κ3) is 1.97. The molecule has 0 saturated carbocycles. The summed E-state index contributed by atoms with van der Waals surface area (Å²) < 4.78 is 5.94. The zero-order valence-electron chi connectivity index (χ0n) is 10.4. The van der Waals surface area contributed by atoms with Crippen LogP contribution in [0.2, 0.25) is 0 Å². The Balaban J connectivity index is 2.08. The predicted octanol–water partition coefficient (Wildman–Crippen LogP) is 2.73. The Morgan fingerprint density at radius 3 is 3.06 bits per heavy atom. The molecule has 0 saturated heterocycles. The van der Waals surface area contributed by atoms with E-state index in [1.807, 2.05) is 25.2 Å². The summed E-state index contributed by atoms with van der Waals surface area (Å²) in [5, 5.41) is 3.26. The molecular weight excluding hydrogens is 224 g/mol. The van der Waals surface area contributed by atoms with Gasteiger partial charge in [0.05, 0.1) is 0 Å². The highest BCUT2D eigenvalue weighted by Crippen LogP contribution is 2.37. The average molecular weight is 240 g/mol. The lowest BCUT2D eigenvalue weighted by molar-refractivity contribution is 0.458. The van der Waals surface area contributed by atoms with Crippen LogP contribution < -0.4 is 10.1 Å². The number of nitrogens with one attached hydrogen (secondary N) is 1. The molecule has 1 aromatic carbocycles. The third-order valence-corrected chi connectivity index (χ3v) is 3.33. The van der Waals surface area contributed by atoms with Crippen LogP contribution in [0, 0.1) is 0 Å². The maximum absolute atomic E-state index is 5.94. The minimum atomic E-state index is 0.427. The summed E-state index contributed by atoms with van der Waals surface area (Å²) in [5.74, 6) is 2.09. The van der Waals surface area contributed by atoms with Gasteiger partial charge in [0, 0.05) is 24.2 Å². The van der Waals surface area contributed by atoms with Crippen LogP contribution in [0.5, 0.6) is 11.6 Å². The molecule has 0 aliphatic carbocycles. The first-order valence-electron chi connectivity index (χ1n) is 6.24. The van der Waals surface area contributed by atoms with Gasteiger partial charge < -0.3 is 10.1 Å². The molecule has 1 aliphatic rings. The average Bonchev–Trinajstić information content (AvgIpc) is 2.56. The SMILES string of the molecule is CNCC1Cc2cccnc2Oc2ccccc21. The van der Waals surface area contributed by atoms with Crippen LogP contribution in [0.3, 0.4) is 0 Å². The normalized spacial score (nSPS) is 17.3. The highest BCUT2D eigenvalue weighted by molar-refractivity contribution is 5.44. The van der Waals surface area contributed by atoms with Crippen molar-refractivity contribution < 1.29 is 4.74 Å². The summed E-state index contributed by atoms with van der Waals surface area (Å²) in [6.07, 6.45) is 2.74. The van der Waals surface area contributed by atoms with Gasteiger partial charge in [-0.2, -0.15) is 0 Å². The molecule has 1 aliphatic heterocycles. The number of para-hydroxylation sites is 1. The van der Waals surface area contributed by atoms with Crippen molar-refractivity contribution in [3.63, 3.8) is 0 Å². The molecule has 92 valence electrons. The number of benzene rings is 1. The van der Waals surface area contributed by atoms with Gasteiger partial charge in [0.2, 0.25) is 5.88 Å². The Bertz CT molecular complexity index is 554. The number of ether oxygens (including phenoxy) is 1. The van der Waals surface area contributed by atoms with Crippen LogP contribution in [0.15, 0.2) is 42.6 Å². The minimum absolute atomic E-state index is 0.427. The van der Waals surface area contributed by atoms with E-state index in [1.165, 1.54) is 11.1 Å². The van der Waals surface area contributed by atoms with Crippen molar-refractivity contribution in [3.8, 4) is 11.6 Å². The van der Waals surface area contributed by atoms with Crippen molar-refractivity contribution in [1.29, 1.82) is 0 Å². The summed E-state index contributed by atoms with van der Waals surface area (Å²) in [7, 11) is 1.98. The topological polar surface area (TPSA) is 34.2 Å². The lowest BCUT2D eigenvalue weighted by atomic mass is 9.92. The number of nitrogens with zero attached hydrogens (tertiary/aromatic N) is 1. The number of rotatable bonds is 2. The quantitative estimate of drug-likeness (QED) is 0.876. The number of likely N-dealkylation sites (N-methyl/N-ethyl adjacent to an activating group) is 1. The van der Waals surface area contributed by atoms with E-state index in [2.05, 4.69) is 28.5 Å². The van der Waals surface area contributed by atoms with Gasteiger partial charge in [-0.1, -0.05) is 24.3 Å². The molecule has 0 amide bonds.